The molecule has 5 heterocycles. The standard InChI is InChI=1S/C24H22ClN3O5S/c1-10-11(2)34-21(16(10)22(31)33-3)28-19(29)17-15-5-4-8-27(15)24(18(17)20(28)30)13-9-12(25)6-7-14(13)26-23(24)32/h6-7,9,15,17-18H,4-5,8H2,1-3H3,(H,26,32)/t15-,17+,18+,24-/m0/s1. The van der Waals surface area contributed by atoms with Crippen molar-refractivity contribution in [3.63, 3.8) is 0 Å². The van der Waals surface area contributed by atoms with E-state index < -0.39 is 29.3 Å². The van der Waals surface area contributed by atoms with E-state index in [4.69, 9.17) is 16.3 Å². The van der Waals surface area contributed by atoms with Crippen LogP contribution < -0.4 is 10.2 Å². The number of carbonyl (C=O) groups excluding carboxylic acids is 4. The molecule has 4 aliphatic heterocycles. The summed E-state index contributed by atoms with van der Waals surface area (Å²) in [5.74, 6) is -3.31. The number of benzene rings is 1. The number of hydrogen-bond acceptors (Lipinski definition) is 7. The van der Waals surface area contributed by atoms with Crippen molar-refractivity contribution in [2.45, 2.75) is 38.3 Å². The quantitative estimate of drug-likeness (QED) is 0.503. The van der Waals surface area contributed by atoms with Gasteiger partial charge in [-0.15, -0.1) is 11.3 Å². The summed E-state index contributed by atoms with van der Waals surface area (Å²) in [5.41, 5.74) is 0.845. The lowest BCUT2D eigenvalue weighted by molar-refractivity contribution is -0.135. The summed E-state index contributed by atoms with van der Waals surface area (Å²) in [6, 6.07) is 4.92. The van der Waals surface area contributed by atoms with Crippen molar-refractivity contribution in [1.82, 2.24) is 4.90 Å². The molecule has 2 aromatic rings. The van der Waals surface area contributed by atoms with E-state index in [2.05, 4.69) is 5.32 Å². The zero-order valence-corrected chi connectivity index (χ0v) is 20.4. The Morgan fingerprint density at radius 2 is 2.00 bits per heavy atom. The van der Waals surface area contributed by atoms with E-state index >= 15 is 0 Å². The lowest BCUT2D eigenvalue weighted by Gasteiger charge is -2.36. The Bertz CT molecular complexity index is 1320. The third-order valence-corrected chi connectivity index (χ3v) is 9.34. The van der Waals surface area contributed by atoms with Gasteiger partial charge in [0, 0.05) is 27.2 Å². The number of aryl methyl sites for hydroxylation is 1. The summed E-state index contributed by atoms with van der Waals surface area (Å²) < 4.78 is 4.97. The average Bonchev–Trinajstić information content (AvgIpc) is 3.56. The first-order chi connectivity index (χ1) is 16.2. The van der Waals surface area contributed by atoms with Crippen LogP contribution in [0.25, 0.3) is 0 Å². The van der Waals surface area contributed by atoms with Crippen molar-refractivity contribution < 1.29 is 23.9 Å². The smallest absolute Gasteiger partial charge is 0.341 e. The fraction of sp³-hybridized carbons (Fsp3) is 0.417. The number of halogens is 1. The molecular formula is C24H22ClN3O5S. The number of imide groups is 1. The topological polar surface area (TPSA) is 96.0 Å². The van der Waals surface area contributed by atoms with Gasteiger partial charge in [-0.3, -0.25) is 19.3 Å². The Balaban J connectivity index is 1.56. The molecular weight excluding hydrogens is 478 g/mol. The van der Waals surface area contributed by atoms with Gasteiger partial charge < -0.3 is 10.1 Å². The first kappa shape index (κ1) is 21.8. The van der Waals surface area contributed by atoms with E-state index in [-0.39, 0.29) is 28.4 Å². The van der Waals surface area contributed by atoms with Crippen LogP contribution in [0, 0.1) is 25.7 Å². The molecule has 3 fully saturated rings. The molecule has 0 unspecified atom stereocenters. The number of nitrogens with one attached hydrogen (secondary N) is 1. The molecule has 0 radical (unpaired) electrons. The maximum Gasteiger partial charge on any atom is 0.341 e. The SMILES string of the molecule is COC(=O)c1c(N2C(=O)[C@@H]3[C@@H]4CCCN4[C@]4(C(=O)Nc5ccc(Cl)cc54)[C@H]3C2=O)sc(C)c1C. The second-order valence-electron chi connectivity index (χ2n) is 9.28. The largest absolute Gasteiger partial charge is 0.465 e. The van der Waals surface area contributed by atoms with Crippen molar-refractivity contribution in [2.75, 3.05) is 23.9 Å². The predicted molar refractivity (Wildman–Crippen MR) is 126 cm³/mol. The fourth-order valence-electron chi connectivity index (χ4n) is 6.48. The molecule has 10 heteroatoms. The van der Waals surface area contributed by atoms with E-state index in [1.807, 2.05) is 11.8 Å². The molecule has 4 aliphatic rings. The van der Waals surface area contributed by atoms with Crippen molar-refractivity contribution >= 4 is 57.3 Å². The summed E-state index contributed by atoms with van der Waals surface area (Å²) in [6.07, 6.45) is 1.54. The maximum absolute atomic E-state index is 14.1. The van der Waals surface area contributed by atoms with E-state index in [1.165, 1.54) is 18.4 Å². The zero-order valence-electron chi connectivity index (χ0n) is 18.8. The summed E-state index contributed by atoms with van der Waals surface area (Å²) in [4.78, 5) is 58.4. The van der Waals surface area contributed by atoms with Crippen molar-refractivity contribution in [1.29, 1.82) is 0 Å². The second kappa shape index (κ2) is 7.13. The zero-order chi connectivity index (χ0) is 24.1. The minimum atomic E-state index is -1.31. The van der Waals surface area contributed by atoms with E-state index in [9.17, 15) is 19.2 Å². The van der Waals surface area contributed by atoms with Crippen LogP contribution in [0.1, 0.15) is 39.2 Å². The fourth-order valence-corrected chi connectivity index (χ4v) is 7.81. The number of hydrogen-bond donors (Lipinski definition) is 1. The molecule has 1 aromatic heterocycles. The highest BCUT2D eigenvalue weighted by Gasteiger charge is 2.75. The lowest BCUT2D eigenvalue weighted by atomic mass is 9.75. The molecule has 176 valence electrons. The van der Waals surface area contributed by atoms with Crippen LogP contribution in [0.4, 0.5) is 10.7 Å². The molecule has 3 saturated heterocycles. The van der Waals surface area contributed by atoms with Gasteiger partial charge in [0.25, 0.3) is 0 Å². The molecule has 3 amide bonds. The molecule has 1 spiro atoms. The molecule has 0 bridgehead atoms. The third-order valence-electron chi connectivity index (χ3n) is 7.91. The Labute approximate surface area is 204 Å². The Hall–Kier alpha value is -2.75. The number of methoxy groups -OCH3 is 1. The molecule has 1 N–H and O–H groups in total. The van der Waals surface area contributed by atoms with Crippen LogP contribution in [0.3, 0.4) is 0 Å². The van der Waals surface area contributed by atoms with Crippen molar-refractivity contribution in [3.05, 3.63) is 44.8 Å². The summed E-state index contributed by atoms with van der Waals surface area (Å²) in [5, 5.41) is 3.66. The monoisotopic (exact) mass is 499 g/mol. The van der Waals surface area contributed by atoms with Gasteiger partial charge in [0.05, 0.1) is 24.5 Å². The summed E-state index contributed by atoms with van der Waals surface area (Å²) in [6.45, 7) is 4.23. The molecule has 4 atom stereocenters. The van der Waals surface area contributed by atoms with Gasteiger partial charge >= 0.3 is 5.97 Å². The minimum absolute atomic E-state index is 0.225. The number of esters is 1. The number of nitrogens with zero attached hydrogens (tertiary/aromatic N) is 2. The lowest BCUT2D eigenvalue weighted by Crippen LogP contribution is -2.54. The molecule has 8 nitrogen and oxygen atoms in total. The van der Waals surface area contributed by atoms with Crippen LogP contribution in [0.5, 0.6) is 0 Å². The van der Waals surface area contributed by atoms with Crippen molar-refractivity contribution in [2.24, 2.45) is 11.8 Å². The number of anilines is 2. The molecule has 6 rings (SSSR count). The van der Waals surface area contributed by atoms with Gasteiger partial charge in [-0.2, -0.15) is 0 Å². The summed E-state index contributed by atoms with van der Waals surface area (Å²) in [7, 11) is 1.27. The predicted octanol–water partition coefficient (Wildman–Crippen LogP) is 3.24. The number of thiophene rings is 1. The van der Waals surface area contributed by atoms with E-state index in [0.29, 0.717) is 34.8 Å². The number of rotatable bonds is 2. The number of ether oxygens (including phenoxy) is 1. The van der Waals surface area contributed by atoms with E-state index in [0.717, 1.165) is 16.2 Å². The average molecular weight is 500 g/mol. The highest BCUT2D eigenvalue weighted by molar-refractivity contribution is 7.17. The Kier molecular flexibility index (Phi) is 4.56. The number of amides is 3. The molecule has 1 aromatic carbocycles. The molecule has 0 aliphatic carbocycles. The van der Waals surface area contributed by atoms with Crippen LogP contribution >= 0.6 is 22.9 Å². The Morgan fingerprint density at radius 3 is 2.74 bits per heavy atom. The van der Waals surface area contributed by atoms with Crippen LogP contribution in [-0.2, 0) is 24.7 Å². The van der Waals surface area contributed by atoms with E-state index in [1.54, 1.807) is 25.1 Å². The van der Waals surface area contributed by atoms with Crippen LogP contribution in [-0.4, -0.2) is 48.3 Å². The van der Waals surface area contributed by atoms with Gasteiger partial charge in [0.15, 0.2) is 0 Å². The van der Waals surface area contributed by atoms with Gasteiger partial charge in [-0.05, 0) is 57.0 Å². The first-order valence-electron chi connectivity index (χ1n) is 11.2. The summed E-state index contributed by atoms with van der Waals surface area (Å²) >= 11 is 7.55. The van der Waals surface area contributed by atoms with Gasteiger partial charge in [-0.1, -0.05) is 11.6 Å². The highest BCUT2D eigenvalue weighted by atomic mass is 35.5. The molecule has 0 saturated carbocycles. The van der Waals surface area contributed by atoms with Gasteiger partial charge in [0.2, 0.25) is 17.7 Å². The van der Waals surface area contributed by atoms with Crippen molar-refractivity contribution in [3.8, 4) is 0 Å². The first-order valence-corrected chi connectivity index (χ1v) is 12.4. The number of carbonyl (C=O) groups is 4. The van der Waals surface area contributed by atoms with Gasteiger partial charge in [-0.25, -0.2) is 9.69 Å². The maximum atomic E-state index is 14.1. The minimum Gasteiger partial charge on any atom is -0.465 e. The Morgan fingerprint density at radius 1 is 1.24 bits per heavy atom. The highest BCUT2D eigenvalue weighted by Crippen LogP contribution is 2.61. The van der Waals surface area contributed by atoms with Crippen LogP contribution in [0.2, 0.25) is 5.02 Å². The normalized spacial score (nSPS) is 29.6. The molecule has 34 heavy (non-hydrogen) atoms. The van der Waals surface area contributed by atoms with Crippen LogP contribution in [0.15, 0.2) is 18.2 Å². The third kappa shape index (κ3) is 2.42. The van der Waals surface area contributed by atoms with Gasteiger partial charge in [0.1, 0.15) is 10.5 Å². The number of fused-ring (bicyclic) bond motifs is 7. The second-order valence-corrected chi connectivity index (χ2v) is 10.9.